The van der Waals surface area contributed by atoms with Crippen LogP contribution in [0.15, 0.2) is 12.1 Å². The average molecular weight is 297 g/mol. The fraction of sp³-hybridized carbons (Fsp3) is 0.400. The summed E-state index contributed by atoms with van der Waals surface area (Å²) < 4.78 is 41.3. The minimum absolute atomic E-state index is 0.176. The highest BCUT2D eigenvalue weighted by molar-refractivity contribution is 5.39. The van der Waals surface area contributed by atoms with Crippen molar-refractivity contribution in [1.29, 1.82) is 0 Å². The van der Waals surface area contributed by atoms with Crippen molar-refractivity contribution >= 4 is 0 Å². The van der Waals surface area contributed by atoms with E-state index in [0.717, 1.165) is 35.6 Å². The van der Waals surface area contributed by atoms with E-state index in [9.17, 15) is 13.2 Å². The molecule has 0 aliphatic carbocycles. The van der Waals surface area contributed by atoms with Crippen molar-refractivity contribution in [2.24, 2.45) is 0 Å². The third kappa shape index (κ3) is 2.81. The second-order valence-electron chi connectivity index (χ2n) is 5.18. The fourth-order valence-corrected chi connectivity index (χ4v) is 2.69. The van der Waals surface area contributed by atoms with Crippen molar-refractivity contribution in [2.45, 2.75) is 26.7 Å². The summed E-state index contributed by atoms with van der Waals surface area (Å²) in [4.78, 5) is 0. The maximum absolute atomic E-state index is 13.4. The van der Waals surface area contributed by atoms with Crippen LogP contribution in [0.5, 0.6) is 0 Å². The molecular formula is C15H18F3N3. The monoisotopic (exact) mass is 297 g/mol. The van der Waals surface area contributed by atoms with Crippen LogP contribution in [-0.4, -0.2) is 23.4 Å². The van der Waals surface area contributed by atoms with Gasteiger partial charge in [-0.25, -0.2) is 17.9 Å². The Morgan fingerprint density at radius 1 is 1.19 bits per heavy atom. The molecule has 0 saturated carbocycles. The van der Waals surface area contributed by atoms with Crippen LogP contribution in [-0.2, 0) is 0 Å². The van der Waals surface area contributed by atoms with Gasteiger partial charge in [-0.2, -0.15) is 5.10 Å². The Morgan fingerprint density at radius 2 is 1.76 bits per heavy atom. The molecule has 0 bridgehead atoms. The van der Waals surface area contributed by atoms with E-state index in [1.807, 2.05) is 27.8 Å². The van der Waals surface area contributed by atoms with Gasteiger partial charge >= 0.3 is 0 Å². The van der Waals surface area contributed by atoms with Crippen LogP contribution in [0.1, 0.15) is 29.8 Å². The van der Waals surface area contributed by atoms with Crippen molar-refractivity contribution in [3.63, 3.8) is 0 Å². The molecule has 21 heavy (non-hydrogen) atoms. The first-order valence-corrected chi connectivity index (χ1v) is 6.72. The first-order chi connectivity index (χ1) is 9.86. The second kappa shape index (κ2) is 5.89. The summed E-state index contributed by atoms with van der Waals surface area (Å²) in [5.74, 6) is -3.70. The molecule has 1 heterocycles. The summed E-state index contributed by atoms with van der Waals surface area (Å²) >= 11 is 0. The Balaban J connectivity index is 2.54. The third-order valence-electron chi connectivity index (χ3n) is 3.56. The van der Waals surface area contributed by atoms with Gasteiger partial charge in [0.25, 0.3) is 0 Å². The van der Waals surface area contributed by atoms with E-state index in [4.69, 9.17) is 0 Å². The van der Waals surface area contributed by atoms with Gasteiger partial charge in [-0.3, -0.25) is 0 Å². The molecule has 1 N–H and O–H groups in total. The Kier molecular flexibility index (Phi) is 4.37. The summed E-state index contributed by atoms with van der Waals surface area (Å²) in [7, 11) is 1.86. The zero-order chi connectivity index (χ0) is 15.7. The minimum atomic E-state index is -1.47. The highest BCUT2D eigenvalue weighted by Gasteiger charge is 2.19. The predicted octanol–water partition coefficient (Wildman–Crippen LogP) is 3.23. The summed E-state index contributed by atoms with van der Waals surface area (Å²) in [5, 5.41) is 7.42. The third-order valence-corrected chi connectivity index (χ3v) is 3.56. The molecule has 0 saturated heterocycles. The number of benzene rings is 1. The van der Waals surface area contributed by atoms with Gasteiger partial charge in [0.05, 0.1) is 11.4 Å². The molecular weight excluding hydrogens is 279 g/mol. The fourth-order valence-electron chi connectivity index (χ4n) is 2.69. The Labute approximate surface area is 121 Å². The maximum Gasteiger partial charge on any atom is 0.194 e. The molecule has 3 nitrogen and oxygen atoms in total. The first-order valence-electron chi connectivity index (χ1n) is 6.72. The van der Waals surface area contributed by atoms with Crippen LogP contribution in [0, 0.1) is 31.3 Å². The summed E-state index contributed by atoms with van der Waals surface area (Å²) in [6.07, 6.45) is 0. The Bertz CT molecular complexity index is 641. The average Bonchev–Trinajstić information content (AvgIpc) is 2.71. The molecule has 0 radical (unpaired) electrons. The Morgan fingerprint density at radius 3 is 2.29 bits per heavy atom. The lowest BCUT2D eigenvalue weighted by atomic mass is 9.99. The summed E-state index contributed by atoms with van der Waals surface area (Å²) in [6, 6.07) is 1.90. The number of nitrogens with zero attached hydrogens (tertiary/aromatic N) is 2. The number of nitrogens with one attached hydrogen (secondary N) is 1. The quantitative estimate of drug-likeness (QED) is 0.878. The molecule has 1 aromatic heterocycles. The molecule has 1 aromatic carbocycles. The Hall–Kier alpha value is -1.82. The number of hydrogen-bond acceptors (Lipinski definition) is 2. The molecule has 6 heteroatoms. The normalized spacial score (nSPS) is 12.7. The molecule has 1 atom stereocenters. The molecule has 2 rings (SSSR count). The SMILES string of the molecule is CNCC(C)c1c(C)nn(-c2cc(F)c(F)c(F)c2)c1C. The van der Waals surface area contributed by atoms with Gasteiger partial charge in [-0.1, -0.05) is 6.92 Å². The highest BCUT2D eigenvalue weighted by atomic mass is 19.2. The van der Waals surface area contributed by atoms with Gasteiger partial charge in [-0.15, -0.1) is 0 Å². The van der Waals surface area contributed by atoms with Crippen LogP contribution in [0.3, 0.4) is 0 Å². The number of aromatic nitrogens is 2. The van der Waals surface area contributed by atoms with Gasteiger partial charge in [0.15, 0.2) is 17.5 Å². The van der Waals surface area contributed by atoms with Crippen molar-refractivity contribution in [3.05, 3.63) is 46.5 Å². The summed E-state index contributed by atoms with van der Waals surface area (Å²) in [6.45, 7) is 6.49. The number of rotatable bonds is 4. The van der Waals surface area contributed by atoms with Gasteiger partial charge in [0, 0.05) is 29.9 Å². The van der Waals surface area contributed by atoms with Gasteiger partial charge in [0.1, 0.15) is 0 Å². The zero-order valence-corrected chi connectivity index (χ0v) is 12.5. The lowest BCUT2D eigenvalue weighted by Crippen LogP contribution is -2.15. The molecule has 114 valence electrons. The smallest absolute Gasteiger partial charge is 0.194 e. The lowest BCUT2D eigenvalue weighted by Gasteiger charge is -2.12. The van der Waals surface area contributed by atoms with Crippen LogP contribution in [0.2, 0.25) is 0 Å². The minimum Gasteiger partial charge on any atom is -0.319 e. The van der Waals surface area contributed by atoms with Crippen molar-refractivity contribution in [3.8, 4) is 5.69 Å². The summed E-state index contributed by atoms with van der Waals surface area (Å²) in [5.41, 5.74) is 2.78. The standard InChI is InChI=1S/C15H18F3N3/c1-8(7-19-4)14-9(2)20-21(10(14)3)11-5-12(16)15(18)13(17)6-11/h5-6,8,19H,7H2,1-4H3. The highest BCUT2D eigenvalue weighted by Crippen LogP contribution is 2.26. The largest absolute Gasteiger partial charge is 0.319 e. The molecule has 0 spiro atoms. The van der Waals surface area contributed by atoms with Crippen molar-refractivity contribution < 1.29 is 13.2 Å². The number of hydrogen-bond donors (Lipinski definition) is 1. The number of likely N-dealkylation sites (N-methyl/N-ethyl adjacent to an activating group) is 1. The van der Waals surface area contributed by atoms with Crippen molar-refractivity contribution in [1.82, 2.24) is 15.1 Å². The van der Waals surface area contributed by atoms with E-state index in [-0.39, 0.29) is 11.6 Å². The topological polar surface area (TPSA) is 29.9 Å². The van der Waals surface area contributed by atoms with E-state index in [2.05, 4.69) is 10.4 Å². The molecule has 0 aliphatic rings. The van der Waals surface area contributed by atoms with E-state index >= 15 is 0 Å². The zero-order valence-electron chi connectivity index (χ0n) is 12.5. The maximum atomic E-state index is 13.4. The van der Waals surface area contributed by atoms with Gasteiger partial charge in [0.2, 0.25) is 0 Å². The van der Waals surface area contributed by atoms with E-state index in [1.165, 1.54) is 4.68 Å². The molecule has 1 unspecified atom stereocenters. The van der Waals surface area contributed by atoms with Crippen molar-refractivity contribution in [2.75, 3.05) is 13.6 Å². The van der Waals surface area contributed by atoms with Crippen LogP contribution in [0.25, 0.3) is 5.69 Å². The van der Waals surface area contributed by atoms with E-state index < -0.39 is 17.5 Å². The van der Waals surface area contributed by atoms with Gasteiger partial charge < -0.3 is 5.32 Å². The van der Waals surface area contributed by atoms with Crippen LogP contribution >= 0.6 is 0 Å². The lowest BCUT2D eigenvalue weighted by molar-refractivity contribution is 0.446. The van der Waals surface area contributed by atoms with E-state index in [0.29, 0.717) is 0 Å². The first kappa shape index (κ1) is 15.6. The van der Waals surface area contributed by atoms with Crippen LogP contribution < -0.4 is 5.32 Å². The second-order valence-corrected chi connectivity index (χ2v) is 5.18. The molecule has 0 amide bonds. The number of aryl methyl sites for hydroxylation is 1. The molecule has 2 aromatic rings. The number of halogens is 3. The van der Waals surface area contributed by atoms with E-state index in [1.54, 1.807) is 0 Å². The van der Waals surface area contributed by atoms with Crippen LogP contribution in [0.4, 0.5) is 13.2 Å². The molecule has 0 aliphatic heterocycles. The van der Waals surface area contributed by atoms with Gasteiger partial charge in [-0.05, 0) is 26.8 Å². The molecule has 0 fully saturated rings. The predicted molar refractivity (Wildman–Crippen MR) is 75.3 cm³/mol.